The monoisotopic (exact) mass is 187 g/mol. The molecule has 12 heavy (non-hydrogen) atoms. The topological polar surface area (TPSA) is 75.1 Å². The Balaban J connectivity index is 2.30. The first-order chi connectivity index (χ1) is 5.84. The van der Waals surface area contributed by atoms with Crippen molar-refractivity contribution in [1.29, 1.82) is 0 Å². The fourth-order valence-corrected chi connectivity index (χ4v) is 1.05. The number of aliphatic hydroxyl groups is 1. The highest BCUT2D eigenvalue weighted by Gasteiger charge is 2.06. The second kappa shape index (κ2) is 4.78. The molecule has 1 aromatic rings. The minimum atomic E-state index is -0.239. The largest absolute Gasteiger partial charge is 0.396 e. The molecule has 0 aliphatic heterocycles. The van der Waals surface area contributed by atoms with E-state index in [-0.39, 0.29) is 12.5 Å². The smallest absolute Gasteiger partial charge is 0.272 e. The Morgan fingerprint density at radius 2 is 2.58 bits per heavy atom. The summed E-state index contributed by atoms with van der Waals surface area (Å²) in [6, 6.07) is 0. The van der Waals surface area contributed by atoms with Crippen LogP contribution in [0.25, 0.3) is 0 Å². The second-order valence-corrected chi connectivity index (χ2v) is 2.68. The summed E-state index contributed by atoms with van der Waals surface area (Å²) in [5.41, 5.74) is 0.331. The molecule has 0 bridgehead atoms. The molecule has 0 radical (unpaired) electrons. The van der Waals surface area contributed by atoms with E-state index in [9.17, 15) is 4.79 Å². The number of aliphatic hydroxyl groups excluding tert-OH is 1. The van der Waals surface area contributed by atoms with Crippen LogP contribution in [0.5, 0.6) is 0 Å². The van der Waals surface area contributed by atoms with Gasteiger partial charge in [-0.25, -0.2) is 0 Å². The lowest BCUT2D eigenvalue weighted by molar-refractivity contribution is 0.0947. The van der Waals surface area contributed by atoms with Gasteiger partial charge in [-0.1, -0.05) is 0 Å². The van der Waals surface area contributed by atoms with Crippen LogP contribution in [0.4, 0.5) is 0 Å². The fourth-order valence-electron chi connectivity index (χ4n) is 0.636. The van der Waals surface area contributed by atoms with E-state index in [1.165, 1.54) is 6.20 Å². The number of nitrogens with zero attached hydrogens (tertiary/aromatic N) is 2. The first kappa shape index (κ1) is 9.08. The first-order valence-corrected chi connectivity index (χ1v) is 4.24. The van der Waals surface area contributed by atoms with Crippen LogP contribution in [0.1, 0.15) is 16.9 Å². The lowest BCUT2D eigenvalue weighted by atomic mass is 10.4. The van der Waals surface area contributed by atoms with E-state index in [0.717, 1.165) is 11.7 Å². The van der Waals surface area contributed by atoms with Crippen molar-refractivity contribution in [2.75, 3.05) is 13.2 Å². The molecule has 1 rings (SSSR count). The highest BCUT2D eigenvalue weighted by Crippen LogP contribution is 1.93. The minimum Gasteiger partial charge on any atom is -0.396 e. The van der Waals surface area contributed by atoms with Crippen molar-refractivity contribution in [3.63, 3.8) is 0 Å². The van der Waals surface area contributed by atoms with Gasteiger partial charge in [0.15, 0.2) is 5.69 Å². The van der Waals surface area contributed by atoms with Crippen LogP contribution in [0.3, 0.4) is 0 Å². The molecule has 0 aliphatic carbocycles. The summed E-state index contributed by atoms with van der Waals surface area (Å²) in [6.07, 6.45) is 1.97. The summed E-state index contributed by atoms with van der Waals surface area (Å²) in [5, 5.41) is 11.0. The Bertz CT molecular complexity index is 237. The van der Waals surface area contributed by atoms with Gasteiger partial charge in [0, 0.05) is 13.2 Å². The van der Waals surface area contributed by atoms with Crippen molar-refractivity contribution >= 4 is 17.6 Å². The van der Waals surface area contributed by atoms with Gasteiger partial charge in [-0.3, -0.25) is 4.79 Å². The van der Waals surface area contributed by atoms with E-state index >= 15 is 0 Å². The van der Waals surface area contributed by atoms with Gasteiger partial charge in [-0.05, 0) is 6.42 Å². The maximum atomic E-state index is 11.1. The SMILES string of the molecule is O=C(NCCCO)c1cnsn1. The summed E-state index contributed by atoms with van der Waals surface area (Å²) in [6.45, 7) is 0.544. The van der Waals surface area contributed by atoms with Gasteiger partial charge in [0.2, 0.25) is 0 Å². The third-order valence-corrected chi connectivity index (χ3v) is 1.69. The standard InChI is InChI=1S/C6H9N3O2S/c10-3-1-2-7-6(11)5-4-8-12-9-5/h4,10H,1-3H2,(H,7,11). The molecular weight excluding hydrogens is 178 g/mol. The number of carbonyl (C=O) groups is 1. The maximum absolute atomic E-state index is 11.1. The van der Waals surface area contributed by atoms with E-state index < -0.39 is 0 Å². The maximum Gasteiger partial charge on any atom is 0.272 e. The van der Waals surface area contributed by atoms with Crippen molar-refractivity contribution in [2.24, 2.45) is 0 Å². The average Bonchev–Trinajstić information content (AvgIpc) is 2.56. The predicted molar refractivity (Wildman–Crippen MR) is 43.9 cm³/mol. The Labute approximate surface area is 73.8 Å². The van der Waals surface area contributed by atoms with Crippen LogP contribution in [-0.4, -0.2) is 32.9 Å². The van der Waals surface area contributed by atoms with Crippen LogP contribution in [-0.2, 0) is 0 Å². The van der Waals surface area contributed by atoms with E-state index in [0.29, 0.717) is 18.7 Å². The van der Waals surface area contributed by atoms with Crippen molar-refractivity contribution in [1.82, 2.24) is 14.1 Å². The zero-order valence-corrected chi connectivity index (χ0v) is 7.17. The van der Waals surface area contributed by atoms with Crippen molar-refractivity contribution in [2.45, 2.75) is 6.42 Å². The number of hydrogen-bond donors (Lipinski definition) is 2. The van der Waals surface area contributed by atoms with E-state index in [1.807, 2.05) is 0 Å². The van der Waals surface area contributed by atoms with Gasteiger partial charge >= 0.3 is 0 Å². The molecule has 1 heterocycles. The molecule has 0 saturated carbocycles. The lowest BCUT2D eigenvalue weighted by Crippen LogP contribution is -2.25. The number of hydrogen-bond acceptors (Lipinski definition) is 5. The van der Waals surface area contributed by atoms with Crippen LogP contribution in [0.15, 0.2) is 6.20 Å². The van der Waals surface area contributed by atoms with E-state index in [4.69, 9.17) is 5.11 Å². The van der Waals surface area contributed by atoms with Gasteiger partial charge in [0.25, 0.3) is 5.91 Å². The fraction of sp³-hybridized carbons (Fsp3) is 0.500. The Hall–Kier alpha value is -1.01. The molecular formula is C6H9N3O2S. The minimum absolute atomic E-state index is 0.0790. The normalized spacial score (nSPS) is 9.75. The molecule has 0 atom stereocenters. The van der Waals surface area contributed by atoms with Gasteiger partial charge in [-0.15, -0.1) is 0 Å². The van der Waals surface area contributed by atoms with Crippen molar-refractivity contribution in [3.05, 3.63) is 11.9 Å². The lowest BCUT2D eigenvalue weighted by Gasteiger charge is -1.99. The Morgan fingerprint density at radius 1 is 1.75 bits per heavy atom. The third kappa shape index (κ3) is 2.55. The second-order valence-electron chi connectivity index (χ2n) is 2.13. The zero-order valence-electron chi connectivity index (χ0n) is 6.36. The Morgan fingerprint density at radius 3 is 3.17 bits per heavy atom. The van der Waals surface area contributed by atoms with Crippen molar-refractivity contribution < 1.29 is 9.90 Å². The molecule has 6 heteroatoms. The van der Waals surface area contributed by atoms with Gasteiger partial charge < -0.3 is 10.4 Å². The first-order valence-electron chi connectivity index (χ1n) is 3.51. The number of amides is 1. The highest BCUT2D eigenvalue weighted by molar-refractivity contribution is 6.99. The summed E-state index contributed by atoms with van der Waals surface area (Å²) in [5.74, 6) is -0.239. The van der Waals surface area contributed by atoms with E-state index in [1.54, 1.807) is 0 Å². The van der Waals surface area contributed by atoms with E-state index in [2.05, 4.69) is 14.1 Å². The summed E-state index contributed by atoms with van der Waals surface area (Å²) in [4.78, 5) is 11.1. The van der Waals surface area contributed by atoms with Crippen LogP contribution < -0.4 is 5.32 Å². The summed E-state index contributed by atoms with van der Waals surface area (Å²) < 4.78 is 7.44. The number of carbonyl (C=O) groups excluding carboxylic acids is 1. The Kier molecular flexibility index (Phi) is 3.62. The molecule has 1 amide bonds. The van der Waals surface area contributed by atoms with Crippen LogP contribution >= 0.6 is 11.7 Å². The zero-order chi connectivity index (χ0) is 8.81. The highest BCUT2D eigenvalue weighted by atomic mass is 32.1. The summed E-state index contributed by atoms with van der Waals surface area (Å²) in [7, 11) is 0. The van der Waals surface area contributed by atoms with Crippen LogP contribution in [0, 0.1) is 0 Å². The van der Waals surface area contributed by atoms with Gasteiger partial charge in [-0.2, -0.15) is 8.75 Å². The van der Waals surface area contributed by atoms with Crippen LogP contribution in [0.2, 0.25) is 0 Å². The van der Waals surface area contributed by atoms with Gasteiger partial charge in [0.1, 0.15) is 0 Å². The molecule has 0 unspecified atom stereocenters. The molecule has 0 aromatic carbocycles. The third-order valence-electron chi connectivity index (χ3n) is 1.21. The summed E-state index contributed by atoms with van der Waals surface area (Å²) >= 11 is 0.997. The molecule has 2 N–H and O–H groups in total. The van der Waals surface area contributed by atoms with Gasteiger partial charge in [0.05, 0.1) is 17.9 Å². The quantitative estimate of drug-likeness (QED) is 0.632. The number of rotatable bonds is 4. The average molecular weight is 187 g/mol. The molecule has 0 saturated heterocycles. The molecule has 0 aliphatic rings. The predicted octanol–water partition coefficient (Wildman–Crippen LogP) is -0.350. The van der Waals surface area contributed by atoms with Crippen molar-refractivity contribution in [3.8, 4) is 0 Å². The molecule has 1 aromatic heterocycles. The molecule has 0 fully saturated rings. The molecule has 66 valence electrons. The molecule has 5 nitrogen and oxygen atoms in total. The molecule has 0 spiro atoms. The number of nitrogens with one attached hydrogen (secondary N) is 1. The number of aromatic nitrogens is 2.